The lowest BCUT2D eigenvalue weighted by atomic mass is 10.0. The van der Waals surface area contributed by atoms with Gasteiger partial charge in [0.15, 0.2) is 11.4 Å². The van der Waals surface area contributed by atoms with Crippen molar-refractivity contribution in [3.8, 4) is 11.4 Å². The number of amides is 2. The number of nitrogens with zero attached hydrogens (tertiary/aromatic N) is 5. The zero-order valence-corrected chi connectivity index (χ0v) is 15.8. The monoisotopic (exact) mass is 369 g/mol. The standard InChI is InChI=1S/C19H23N5O3/c1-13(2)24-16(20-12-21-24)14-4-6-15(7-5-14)17(25)23-9-8-19(11-23)10-22(3)18(26)27-19/h4-7,12-13H,8-11H2,1-3H3/t19-/m0/s1. The second kappa shape index (κ2) is 6.37. The number of hydrogen-bond donors (Lipinski definition) is 0. The molecule has 2 amide bonds. The Labute approximate surface area is 157 Å². The molecule has 3 heterocycles. The van der Waals surface area contributed by atoms with Crippen LogP contribution in [0.4, 0.5) is 4.79 Å². The summed E-state index contributed by atoms with van der Waals surface area (Å²) in [5.41, 5.74) is 0.973. The van der Waals surface area contributed by atoms with E-state index < -0.39 is 5.60 Å². The van der Waals surface area contributed by atoms with E-state index in [9.17, 15) is 9.59 Å². The number of benzene rings is 1. The van der Waals surface area contributed by atoms with Crippen LogP contribution in [0.25, 0.3) is 11.4 Å². The molecule has 1 aromatic carbocycles. The van der Waals surface area contributed by atoms with Crippen LogP contribution in [0.2, 0.25) is 0 Å². The van der Waals surface area contributed by atoms with Crippen LogP contribution in [-0.4, -0.2) is 68.8 Å². The van der Waals surface area contributed by atoms with Crippen molar-refractivity contribution >= 4 is 12.0 Å². The molecule has 2 aliphatic rings. The first-order valence-electron chi connectivity index (χ1n) is 9.12. The van der Waals surface area contributed by atoms with Crippen LogP contribution in [0.1, 0.15) is 36.7 Å². The maximum atomic E-state index is 12.9. The van der Waals surface area contributed by atoms with Gasteiger partial charge in [0.1, 0.15) is 6.33 Å². The van der Waals surface area contributed by atoms with E-state index >= 15 is 0 Å². The summed E-state index contributed by atoms with van der Waals surface area (Å²) in [6.45, 7) is 5.65. The predicted molar refractivity (Wildman–Crippen MR) is 98.2 cm³/mol. The fraction of sp³-hybridized carbons (Fsp3) is 0.474. The molecule has 0 saturated carbocycles. The summed E-state index contributed by atoms with van der Waals surface area (Å²) < 4.78 is 7.37. The quantitative estimate of drug-likeness (QED) is 0.828. The smallest absolute Gasteiger partial charge is 0.410 e. The third-order valence-corrected chi connectivity index (χ3v) is 5.20. The molecule has 27 heavy (non-hydrogen) atoms. The second-order valence-corrected chi connectivity index (χ2v) is 7.58. The average Bonchev–Trinajstić information content (AvgIpc) is 3.34. The topological polar surface area (TPSA) is 80.6 Å². The number of aromatic nitrogens is 3. The molecule has 142 valence electrons. The zero-order valence-electron chi connectivity index (χ0n) is 15.8. The van der Waals surface area contributed by atoms with Crippen LogP contribution >= 0.6 is 0 Å². The van der Waals surface area contributed by atoms with Gasteiger partial charge in [-0.25, -0.2) is 14.5 Å². The molecule has 0 bridgehead atoms. The van der Waals surface area contributed by atoms with Crippen molar-refractivity contribution in [1.82, 2.24) is 24.6 Å². The molecular weight excluding hydrogens is 346 g/mol. The molecule has 1 atom stereocenters. The lowest BCUT2D eigenvalue weighted by Gasteiger charge is -2.21. The van der Waals surface area contributed by atoms with Gasteiger partial charge >= 0.3 is 6.09 Å². The third-order valence-electron chi connectivity index (χ3n) is 5.20. The Morgan fingerprint density at radius 3 is 2.59 bits per heavy atom. The first-order chi connectivity index (χ1) is 12.9. The van der Waals surface area contributed by atoms with Crippen LogP contribution in [-0.2, 0) is 4.74 Å². The number of rotatable bonds is 3. The number of likely N-dealkylation sites (N-methyl/N-ethyl adjacent to an activating group) is 1. The summed E-state index contributed by atoms with van der Waals surface area (Å²) in [5, 5.41) is 4.25. The highest BCUT2D eigenvalue weighted by molar-refractivity contribution is 5.95. The van der Waals surface area contributed by atoms with Gasteiger partial charge in [0.05, 0.1) is 13.1 Å². The Balaban J connectivity index is 1.49. The van der Waals surface area contributed by atoms with Gasteiger partial charge in [-0.2, -0.15) is 5.10 Å². The SMILES string of the molecule is CC(C)n1ncnc1-c1ccc(C(=O)N2CC[C@]3(CN(C)C(=O)O3)C2)cc1. The van der Waals surface area contributed by atoms with Crippen molar-refractivity contribution in [1.29, 1.82) is 0 Å². The summed E-state index contributed by atoms with van der Waals surface area (Å²) >= 11 is 0. The van der Waals surface area contributed by atoms with Gasteiger partial charge in [-0.15, -0.1) is 0 Å². The van der Waals surface area contributed by atoms with Gasteiger partial charge < -0.3 is 14.5 Å². The van der Waals surface area contributed by atoms with E-state index in [1.54, 1.807) is 16.8 Å². The van der Waals surface area contributed by atoms with Crippen LogP contribution in [0.5, 0.6) is 0 Å². The Morgan fingerprint density at radius 2 is 1.96 bits per heavy atom. The Kier molecular flexibility index (Phi) is 4.13. The van der Waals surface area contributed by atoms with Gasteiger partial charge in [0.2, 0.25) is 0 Å². The molecule has 8 nitrogen and oxygen atoms in total. The first-order valence-corrected chi connectivity index (χ1v) is 9.12. The van der Waals surface area contributed by atoms with Crippen LogP contribution in [0, 0.1) is 0 Å². The van der Waals surface area contributed by atoms with Crippen molar-refractivity contribution in [2.45, 2.75) is 31.9 Å². The number of hydrogen-bond acceptors (Lipinski definition) is 5. The Morgan fingerprint density at radius 1 is 1.22 bits per heavy atom. The van der Waals surface area contributed by atoms with E-state index in [2.05, 4.69) is 10.1 Å². The van der Waals surface area contributed by atoms with Crippen molar-refractivity contribution < 1.29 is 14.3 Å². The van der Waals surface area contributed by atoms with Gasteiger partial charge in [-0.3, -0.25) is 4.79 Å². The summed E-state index contributed by atoms with van der Waals surface area (Å²) in [7, 11) is 1.72. The molecular formula is C19H23N5O3. The van der Waals surface area contributed by atoms with Crippen molar-refractivity contribution in [3.63, 3.8) is 0 Å². The van der Waals surface area contributed by atoms with Crippen molar-refractivity contribution in [2.24, 2.45) is 0 Å². The molecule has 1 aromatic heterocycles. The average molecular weight is 369 g/mol. The van der Waals surface area contributed by atoms with E-state index in [-0.39, 0.29) is 18.0 Å². The molecule has 0 radical (unpaired) electrons. The third kappa shape index (κ3) is 3.05. The fourth-order valence-electron chi connectivity index (χ4n) is 3.80. The summed E-state index contributed by atoms with van der Waals surface area (Å²) in [4.78, 5) is 32.2. The van der Waals surface area contributed by atoms with Crippen molar-refractivity contribution in [3.05, 3.63) is 36.2 Å². The lowest BCUT2D eigenvalue weighted by molar-refractivity contribution is 0.0553. The molecule has 0 aliphatic carbocycles. The molecule has 2 aliphatic heterocycles. The van der Waals surface area contributed by atoms with E-state index in [1.165, 1.54) is 6.33 Å². The minimum absolute atomic E-state index is 0.0469. The minimum Gasteiger partial charge on any atom is -0.439 e. The van der Waals surface area contributed by atoms with Gasteiger partial charge in [-0.05, 0) is 26.0 Å². The van der Waals surface area contributed by atoms with Crippen molar-refractivity contribution in [2.75, 3.05) is 26.7 Å². The van der Waals surface area contributed by atoms with Gasteiger partial charge in [0.25, 0.3) is 5.91 Å². The minimum atomic E-state index is -0.560. The summed E-state index contributed by atoms with van der Waals surface area (Å²) in [5.74, 6) is 0.736. The number of ether oxygens (including phenoxy) is 1. The maximum Gasteiger partial charge on any atom is 0.410 e. The lowest BCUT2D eigenvalue weighted by Crippen LogP contribution is -2.39. The molecule has 2 aromatic rings. The molecule has 0 unspecified atom stereocenters. The number of likely N-dealkylation sites (tertiary alicyclic amines) is 1. The van der Waals surface area contributed by atoms with Gasteiger partial charge in [0, 0.05) is 37.2 Å². The molecule has 0 N–H and O–H groups in total. The van der Waals surface area contributed by atoms with E-state index in [1.807, 2.05) is 42.8 Å². The molecule has 2 saturated heterocycles. The largest absolute Gasteiger partial charge is 0.439 e. The van der Waals surface area contributed by atoms with E-state index in [4.69, 9.17) is 4.74 Å². The van der Waals surface area contributed by atoms with Crippen LogP contribution < -0.4 is 0 Å². The summed E-state index contributed by atoms with van der Waals surface area (Å²) in [6.07, 6.45) is 1.89. The van der Waals surface area contributed by atoms with E-state index in [0.29, 0.717) is 31.6 Å². The van der Waals surface area contributed by atoms with Gasteiger partial charge in [-0.1, -0.05) is 12.1 Å². The fourth-order valence-corrected chi connectivity index (χ4v) is 3.80. The summed E-state index contributed by atoms with van der Waals surface area (Å²) in [6, 6.07) is 7.62. The number of carbonyl (C=O) groups is 2. The highest BCUT2D eigenvalue weighted by Gasteiger charge is 2.49. The Hall–Kier alpha value is -2.90. The molecule has 8 heteroatoms. The van der Waals surface area contributed by atoms with E-state index in [0.717, 1.165) is 11.4 Å². The second-order valence-electron chi connectivity index (χ2n) is 7.58. The highest BCUT2D eigenvalue weighted by atomic mass is 16.6. The Bertz CT molecular complexity index is 876. The molecule has 4 rings (SSSR count). The molecule has 2 fully saturated rings. The molecule has 1 spiro atoms. The normalized spacial score (nSPS) is 22.1. The zero-order chi connectivity index (χ0) is 19.2. The first kappa shape index (κ1) is 17.5. The van der Waals surface area contributed by atoms with Crippen LogP contribution in [0.3, 0.4) is 0 Å². The van der Waals surface area contributed by atoms with Crippen LogP contribution in [0.15, 0.2) is 30.6 Å². The maximum absolute atomic E-state index is 12.9. The predicted octanol–water partition coefficient (Wildman–Crippen LogP) is 2.19. The number of carbonyl (C=O) groups excluding carboxylic acids is 2. The highest BCUT2D eigenvalue weighted by Crippen LogP contribution is 2.32.